The van der Waals surface area contributed by atoms with E-state index < -0.39 is 30.2 Å². The normalized spacial score (nSPS) is 17.7. The summed E-state index contributed by atoms with van der Waals surface area (Å²) in [7, 11) is 0. The second kappa shape index (κ2) is 3.95. The van der Waals surface area contributed by atoms with E-state index in [0.29, 0.717) is 4.90 Å². The third-order valence-corrected chi connectivity index (χ3v) is 1.75. The maximum atomic E-state index is 11.1. The molecule has 1 atom stereocenters. The zero-order valence-electron chi connectivity index (χ0n) is 7.37. The van der Waals surface area contributed by atoms with Crippen molar-refractivity contribution in [3.05, 3.63) is 0 Å². The highest BCUT2D eigenvalue weighted by Gasteiger charge is 2.41. The molecule has 82 valence electrons. The van der Waals surface area contributed by atoms with Crippen molar-refractivity contribution in [3.8, 4) is 0 Å². The maximum Gasteiger partial charge on any atom is 0.508 e. The number of amides is 2. The minimum atomic E-state index is -2.09. The molecule has 1 rings (SSSR count). The Balaban J connectivity index is 2.88. The van der Waals surface area contributed by atoms with Crippen LogP contribution in [0.3, 0.4) is 0 Å². The van der Waals surface area contributed by atoms with E-state index in [-0.39, 0.29) is 12.8 Å². The number of carboxylic acid groups (broad SMARTS) is 2. The average Bonchev–Trinajstić information content (AvgIpc) is 2.42. The molecular formula is C7H7NO7. The molecule has 0 bridgehead atoms. The molecule has 0 aromatic carbocycles. The second-order valence-electron chi connectivity index (χ2n) is 2.73. The van der Waals surface area contributed by atoms with E-state index >= 15 is 0 Å². The van der Waals surface area contributed by atoms with Gasteiger partial charge in [-0.3, -0.25) is 9.59 Å². The zero-order valence-corrected chi connectivity index (χ0v) is 7.37. The van der Waals surface area contributed by atoms with E-state index in [1.807, 2.05) is 0 Å². The fourth-order valence-electron chi connectivity index (χ4n) is 1.16. The van der Waals surface area contributed by atoms with Gasteiger partial charge in [-0.05, 0) is 0 Å². The first kappa shape index (κ1) is 11.0. The van der Waals surface area contributed by atoms with Crippen molar-refractivity contribution in [1.29, 1.82) is 0 Å². The molecule has 0 spiro atoms. The number of carboxylic acids is 1. The lowest BCUT2D eigenvalue weighted by Crippen LogP contribution is -2.47. The van der Waals surface area contributed by atoms with E-state index in [4.69, 9.17) is 10.2 Å². The van der Waals surface area contributed by atoms with Crippen molar-refractivity contribution in [2.45, 2.75) is 19.1 Å². The average molecular weight is 217 g/mol. The van der Waals surface area contributed by atoms with Gasteiger partial charge in [0.25, 0.3) is 6.23 Å². The Morgan fingerprint density at radius 1 is 1.20 bits per heavy atom. The number of carbonyl (C=O) groups is 4. The number of ether oxygens (including phenoxy) is 1. The molecule has 8 heteroatoms. The number of likely N-dealkylation sites (tertiary alicyclic amines) is 1. The molecule has 1 aliphatic rings. The molecule has 1 heterocycles. The van der Waals surface area contributed by atoms with Crippen molar-refractivity contribution in [3.63, 3.8) is 0 Å². The van der Waals surface area contributed by atoms with Crippen LogP contribution in [0.25, 0.3) is 0 Å². The van der Waals surface area contributed by atoms with E-state index in [1.54, 1.807) is 0 Å². The molecule has 1 unspecified atom stereocenters. The minimum Gasteiger partial charge on any atom is -0.477 e. The molecule has 0 aromatic rings. The monoisotopic (exact) mass is 217 g/mol. The van der Waals surface area contributed by atoms with Gasteiger partial charge in [0.15, 0.2) is 0 Å². The topological polar surface area (TPSA) is 121 Å². The van der Waals surface area contributed by atoms with E-state index in [1.165, 1.54) is 0 Å². The summed E-state index contributed by atoms with van der Waals surface area (Å²) in [5, 5.41) is 16.8. The van der Waals surface area contributed by atoms with Crippen LogP contribution < -0.4 is 0 Å². The van der Waals surface area contributed by atoms with Gasteiger partial charge >= 0.3 is 12.1 Å². The van der Waals surface area contributed by atoms with Gasteiger partial charge in [0.1, 0.15) is 0 Å². The molecule has 2 amide bonds. The third-order valence-electron chi connectivity index (χ3n) is 1.75. The summed E-state index contributed by atoms with van der Waals surface area (Å²) in [5.41, 5.74) is 0. The lowest BCUT2D eigenvalue weighted by Gasteiger charge is -2.20. The molecular weight excluding hydrogens is 210 g/mol. The van der Waals surface area contributed by atoms with Crippen molar-refractivity contribution >= 4 is 23.9 Å². The summed E-state index contributed by atoms with van der Waals surface area (Å²) >= 11 is 0. The maximum absolute atomic E-state index is 11.1. The largest absolute Gasteiger partial charge is 0.508 e. The molecule has 1 saturated heterocycles. The Hall–Kier alpha value is -2.12. The van der Waals surface area contributed by atoms with Gasteiger partial charge in [-0.15, -0.1) is 0 Å². The first-order valence-corrected chi connectivity index (χ1v) is 3.90. The number of hydrogen-bond donors (Lipinski definition) is 2. The molecule has 0 aliphatic carbocycles. The minimum absolute atomic E-state index is 0.133. The molecule has 2 N–H and O–H groups in total. The zero-order chi connectivity index (χ0) is 11.6. The molecule has 0 aromatic heterocycles. The van der Waals surface area contributed by atoms with Crippen LogP contribution in [0.1, 0.15) is 12.8 Å². The fraction of sp³-hybridized carbons (Fsp3) is 0.429. The summed E-state index contributed by atoms with van der Waals surface area (Å²) in [4.78, 5) is 43.2. The van der Waals surface area contributed by atoms with E-state index in [2.05, 4.69) is 4.74 Å². The van der Waals surface area contributed by atoms with Gasteiger partial charge in [-0.1, -0.05) is 0 Å². The van der Waals surface area contributed by atoms with Gasteiger partial charge < -0.3 is 14.9 Å². The van der Waals surface area contributed by atoms with E-state index in [9.17, 15) is 19.2 Å². The van der Waals surface area contributed by atoms with Gasteiger partial charge in [0.2, 0.25) is 11.8 Å². The van der Waals surface area contributed by atoms with Crippen LogP contribution in [0.5, 0.6) is 0 Å². The van der Waals surface area contributed by atoms with Crippen molar-refractivity contribution in [2.24, 2.45) is 0 Å². The van der Waals surface area contributed by atoms with Crippen LogP contribution in [0, 0.1) is 0 Å². The predicted octanol–water partition coefficient (Wildman–Crippen LogP) is -0.759. The van der Waals surface area contributed by atoms with Crippen LogP contribution in [0.4, 0.5) is 4.79 Å². The number of nitrogens with zero attached hydrogens (tertiary/aromatic N) is 1. The highest BCUT2D eigenvalue weighted by Crippen LogP contribution is 2.16. The predicted molar refractivity (Wildman–Crippen MR) is 41.6 cm³/mol. The molecule has 15 heavy (non-hydrogen) atoms. The van der Waals surface area contributed by atoms with Crippen LogP contribution in [-0.2, 0) is 19.1 Å². The Labute approximate surface area is 83.0 Å². The Bertz CT molecular complexity index is 320. The van der Waals surface area contributed by atoms with Crippen LogP contribution in [0.2, 0.25) is 0 Å². The third kappa shape index (κ3) is 2.22. The number of carbonyl (C=O) groups excluding carboxylic acids is 2. The van der Waals surface area contributed by atoms with Gasteiger partial charge in [-0.25, -0.2) is 14.5 Å². The Morgan fingerprint density at radius 2 is 1.67 bits per heavy atom. The number of rotatable bonds is 3. The Kier molecular flexibility index (Phi) is 2.88. The number of hydrogen-bond acceptors (Lipinski definition) is 5. The fourth-order valence-corrected chi connectivity index (χ4v) is 1.16. The summed E-state index contributed by atoms with van der Waals surface area (Å²) in [6.45, 7) is 0. The first-order valence-electron chi connectivity index (χ1n) is 3.90. The molecule has 1 fully saturated rings. The van der Waals surface area contributed by atoms with Crippen molar-refractivity contribution in [2.75, 3.05) is 0 Å². The molecule has 0 saturated carbocycles. The smallest absolute Gasteiger partial charge is 0.477 e. The van der Waals surface area contributed by atoms with Crippen molar-refractivity contribution in [1.82, 2.24) is 4.90 Å². The summed E-state index contributed by atoms with van der Waals surface area (Å²) in [5.74, 6) is -3.22. The van der Waals surface area contributed by atoms with Crippen LogP contribution in [-0.4, -0.2) is 45.3 Å². The first-order chi connectivity index (χ1) is 6.93. The van der Waals surface area contributed by atoms with Crippen molar-refractivity contribution < 1.29 is 34.1 Å². The highest BCUT2D eigenvalue weighted by molar-refractivity contribution is 6.04. The van der Waals surface area contributed by atoms with Gasteiger partial charge in [0.05, 0.1) is 0 Å². The van der Waals surface area contributed by atoms with Crippen LogP contribution in [0.15, 0.2) is 0 Å². The highest BCUT2D eigenvalue weighted by atomic mass is 16.7. The van der Waals surface area contributed by atoms with E-state index in [0.717, 1.165) is 0 Å². The molecule has 8 nitrogen and oxygen atoms in total. The summed E-state index contributed by atoms with van der Waals surface area (Å²) in [6, 6.07) is 0. The lowest BCUT2D eigenvalue weighted by atomic mass is 10.4. The number of imide groups is 1. The number of aliphatic carboxylic acids is 1. The summed E-state index contributed by atoms with van der Waals surface area (Å²) in [6.07, 6.45) is -4.23. The molecule has 0 radical (unpaired) electrons. The van der Waals surface area contributed by atoms with Crippen LogP contribution >= 0.6 is 0 Å². The van der Waals surface area contributed by atoms with Gasteiger partial charge in [-0.2, -0.15) is 0 Å². The van der Waals surface area contributed by atoms with Gasteiger partial charge in [0, 0.05) is 12.8 Å². The second-order valence-corrected chi connectivity index (χ2v) is 2.73. The SMILES string of the molecule is O=C(O)OC(C(=O)O)N1C(=O)CCC1=O. The summed E-state index contributed by atoms with van der Waals surface area (Å²) < 4.78 is 3.94. The standard InChI is InChI=1S/C7H7NO7/c9-3-1-2-4(10)8(3)5(6(11)12)15-7(13)14/h5H,1-2H2,(H,11,12)(H,13,14). The Morgan fingerprint density at radius 3 is 2.00 bits per heavy atom. The quantitative estimate of drug-likeness (QED) is 0.470. The molecule has 1 aliphatic heterocycles. The lowest BCUT2D eigenvalue weighted by molar-refractivity contribution is -0.169.